The van der Waals surface area contributed by atoms with Crippen LogP contribution in [-0.2, 0) is 17.9 Å². The monoisotopic (exact) mass is 399 g/mol. The second-order valence-corrected chi connectivity index (χ2v) is 6.26. The molecule has 0 radical (unpaired) electrons. The Morgan fingerprint density at radius 1 is 1.18 bits per heavy atom. The Morgan fingerprint density at radius 3 is 2.71 bits per heavy atom. The predicted octanol–water partition coefficient (Wildman–Crippen LogP) is 2.51. The second kappa shape index (κ2) is 9.01. The first-order chi connectivity index (χ1) is 13.5. The standard InChI is InChI=1S/C19H18ClN5O3/c1-28-16-9-14(20)7-8-15(16)18(27)23-19-22-12-25(24-19)11-17(26)21-10-13-5-3-2-4-6-13/h2-9,12H,10-11H2,1H3,(H,21,26)(H,23,24,27). The number of carbonyl (C=O) groups excluding carboxylic acids is 2. The number of methoxy groups -OCH3 is 1. The molecule has 0 fully saturated rings. The lowest BCUT2D eigenvalue weighted by atomic mass is 10.2. The molecule has 0 saturated heterocycles. The van der Waals surface area contributed by atoms with Gasteiger partial charge in [0.2, 0.25) is 11.9 Å². The molecule has 2 N–H and O–H groups in total. The fourth-order valence-electron chi connectivity index (χ4n) is 2.45. The van der Waals surface area contributed by atoms with E-state index in [4.69, 9.17) is 16.3 Å². The van der Waals surface area contributed by atoms with Crippen molar-refractivity contribution in [2.75, 3.05) is 12.4 Å². The summed E-state index contributed by atoms with van der Waals surface area (Å²) in [6, 6.07) is 14.2. The van der Waals surface area contributed by atoms with Gasteiger partial charge in [-0.25, -0.2) is 9.67 Å². The largest absolute Gasteiger partial charge is 0.496 e. The van der Waals surface area contributed by atoms with E-state index in [0.717, 1.165) is 5.56 Å². The minimum atomic E-state index is -0.445. The molecular formula is C19H18ClN5O3. The molecule has 9 heteroatoms. The SMILES string of the molecule is COc1cc(Cl)ccc1C(=O)Nc1ncn(CC(=O)NCc2ccccc2)n1. The van der Waals surface area contributed by atoms with Gasteiger partial charge >= 0.3 is 0 Å². The highest BCUT2D eigenvalue weighted by atomic mass is 35.5. The molecule has 0 aliphatic rings. The van der Waals surface area contributed by atoms with Crippen LogP contribution in [0.4, 0.5) is 5.95 Å². The summed E-state index contributed by atoms with van der Waals surface area (Å²) in [4.78, 5) is 28.4. The lowest BCUT2D eigenvalue weighted by Gasteiger charge is -2.08. The molecule has 1 aromatic heterocycles. The number of amides is 2. The number of ether oxygens (including phenoxy) is 1. The van der Waals surface area contributed by atoms with Gasteiger partial charge in [0.05, 0.1) is 12.7 Å². The summed E-state index contributed by atoms with van der Waals surface area (Å²) in [5.74, 6) is -0.242. The zero-order valence-corrected chi connectivity index (χ0v) is 15.8. The third-order valence-corrected chi connectivity index (χ3v) is 4.04. The van der Waals surface area contributed by atoms with E-state index in [1.165, 1.54) is 18.1 Å². The van der Waals surface area contributed by atoms with Crippen LogP contribution >= 0.6 is 11.6 Å². The Labute approximate surface area is 166 Å². The van der Waals surface area contributed by atoms with Gasteiger partial charge < -0.3 is 10.1 Å². The van der Waals surface area contributed by atoms with Crippen molar-refractivity contribution in [3.8, 4) is 5.75 Å². The quantitative estimate of drug-likeness (QED) is 0.636. The van der Waals surface area contributed by atoms with Gasteiger partial charge in [-0.2, -0.15) is 0 Å². The van der Waals surface area contributed by atoms with Crippen LogP contribution < -0.4 is 15.4 Å². The van der Waals surface area contributed by atoms with Crippen LogP contribution in [0.15, 0.2) is 54.9 Å². The first kappa shape index (κ1) is 19.4. The first-order valence-electron chi connectivity index (χ1n) is 8.40. The number of nitrogens with one attached hydrogen (secondary N) is 2. The molecule has 0 unspecified atom stereocenters. The average molecular weight is 400 g/mol. The van der Waals surface area contributed by atoms with Gasteiger partial charge in [-0.1, -0.05) is 41.9 Å². The molecule has 3 aromatic rings. The topological polar surface area (TPSA) is 98.1 Å². The lowest BCUT2D eigenvalue weighted by Crippen LogP contribution is -2.27. The second-order valence-electron chi connectivity index (χ2n) is 5.83. The maximum Gasteiger partial charge on any atom is 0.261 e. The van der Waals surface area contributed by atoms with Gasteiger partial charge in [0.25, 0.3) is 5.91 Å². The summed E-state index contributed by atoms with van der Waals surface area (Å²) in [5, 5.41) is 9.91. The van der Waals surface area contributed by atoms with Gasteiger partial charge in [-0.3, -0.25) is 14.9 Å². The Bertz CT molecular complexity index is 975. The van der Waals surface area contributed by atoms with Crippen LogP contribution in [-0.4, -0.2) is 33.7 Å². The zero-order valence-electron chi connectivity index (χ0n) is 15.1. The predicted molar refractivity (Wildman–Crippen MR) is 104 cm³/mol. The summed E-state index contributed by atoms with van der Waals surface area (Å²) in [6.07, 6.45) is 1.37. The van der Waals surface area contributed by atoms with Crippen LogP contribution in [0.25, 0.3) is 0 Å². The number of carbonyl (C=O) groups is 2. The Balaban J connectivity index is 1.56. The van der Waals surface area contributed by atoms with E-state index in [-0.39, 0.29) is 18.4 Å². The Morgan fingerprint density at radius 2 is 1.96 bits per heavy atom. The van der Waals surface area contributed by atoms with Crippen LogP contribution in [0.5, 0.6) is 5.75 Å². The number of hydrogen-bond acceptors (Lipinski definition) is 5. The molecule has 28 heavy (non-hydrogen) atoms. The van der Waals surface area contributed by atoms with Gasteiger partial charge in [0.1, 0.15) is 18.6 Å². The minimum absolute atomic E-state index is 0.0139. The van der Waals surface area contributed by atoms with E-state index < -0.39 is 5.91 Å². The normalized spacial score (nSPS) is 10.4. The average Bonchev–Trinajstić information content (AvgIpc) is 3.13. The minimum Gasteiger partial charge on any atom is -0.496 e. The van der Waals surface area contributed by atoms with E-state index in [0.29, 0.717) is 22.9 Å². The third-order valence-electron chi connectivity index (χ3n) is 3.81. The van der Waals surface area contributed by atoms with Crippen molar-refractivity contribution in [3.63, 3.8) is 0 Å². The molecule has 0 spiro atoms. The number of rotatable bonds is 7. The highest BCUT2D eigenvalue weighted by Gasteiger charge is 2.15. The summed E-state index contributed by atoms with van der Waals surface area (Å²) in [5.41, 5.74) is 1.29. The molecule has 2 aromatic carbocycles. The smallest absolute Gasteiger partial charge is 0.261 e. The number of nitrogens with zero attached hydrogens (tertiary/aromatic N) is 3. The highest BCUT2D eigenvalue weighted by Crippen LogP contribution is 2.23. The van der Waals surface area contributed by atoms with Crippen LogP contribution in [0.3, 0.4) is 0 Å². The molecule has 0 bridgehead atoms. The first-order valence-corrected chi connectivity index (χ1v) is 8.78. The van der Waals surface area contributed by atoms with Gasteiger partial charge in [0, 0.05) is 11.6 Å². The molecule has 0 saturated carbocycles. The van der Waals surface area contributed by atoms with E-state index >= 15 is 0 Å². The van der Waals surface area contributed by atoms with Crippen LogP contribution in [0, 0.1) is 0 Å². The van der Waals surface area contributed by atoms with E-state index in [1.807, 2.05) is 30.3 Å². The molecular weight excluding hydrogens is 382 g/mol. The fourth-order valence-corrected chi connectivity index (χ4v) is 2.61. The molecule has 0 atom stereocenters. The number of benzene rings is 2. The van der Waals surface area contributed by atoms with Crippen molar-refractivity contribution >= 4 is 29.4 Å². The Hall–Kier alpha value is -3.39. The van der Waals surface area contributed by atoms with E-state index in [2.05, 4.69) is 20.7 Å². The molecule has 144 valence electrons. The number of halogens is 1. The van der Waals surface area contributed by atoms with Gasteiger partial charge in [-0.05, 0) is 23.8 Å². The van der Waals surface area contributed by atoms with Gasteiger partial charge in [0.15, 0.2) is 0 Å². The molecule has 3 rings (SSSR count). The van der Waals surface area contributed by atoms with Crippen molar-refractivity contribution in [3.05, 3.63) is 71.0 Å². The molecule has 0 aliphatic heterocycles. The summed E-state index contributed by atoms with van der Waals surface area (Å²) in [6.45, 7) is 0.411. The van der Waals surface area contributed by atoms with Crippen molar-refractivity contribution < 1.29 is 14.3 Å². The molecule has 2 amide bonds. The van der Waals surface area contributed by atoms with Crippen molar-refractivity contribution in [2.24, 2.45) is 0 Å². The maximum absolute atomic E-state index is 12.4. The molecule has 0 aliphatic carbocycles. The number of aromatic nitrogens is 3. The number of anilines is 1. The third kappa shape index (κ3) is 5.08. The molecule has 8 nitrogen and oxygen atoms in total. The Kier molecular flexibility index (Phi) is 6.23. The summed E-state index contributed by atoms with van der Waals surface area (Å²) in [7, 11) is 1.45. The summed E-state index contributed by atoms with van der Waals surface area (Å²) >= 11 is 5.90. The van der Waals surface area contributed by atoms with Crippen molar-refractivity contribution in [1.82, 2.24) is 20.1 Å². The number of hydrogen-bond donors (Lipinski definition) is 2. The molecule has 1 heterocycles. The fraction of sp³-hybridized carbons (Fsp3) is 0.158. The van der Waals surface area contributed by atoms with Crippen LogP contribution in [0.1, 0.15) is 15.9 Å². The zero-order chi connectivity index (χ0) is 19.9. The van der Waals surface area contributed by atoms with Gasteiger partial charge in [-0.15, -0.1) is 5.10 Å². The maximum atomic E-state index is 12.4. The highest BCUT2D eigenvalue weighted by molar-refractivity contribution is 6.31. The van der Waals surface area contributed by atoms with Crippen molar-refractivity contribution in [2.45, 2.75) is 13.1 Å². The lowest BCUT2D eigenvalue weighted by molar-refractivity contribution is -0.122. The summed E-state index contributed by atoms with van der Waals surface area (Å²) < 4.78 is 6.50. The van der Waals surface area contributed by atoms with E-state index in [9.17, 15) is 9.59 Å². The van der Waals surface area contributed by atoms with Crippen molar-refractivity contribution in [1.29, 1.82) is 0 Å². The van der Waals surface area contributed by atoms with E-state index in [1.54, 1.807) is 18.2 Å². The van der Waals surface area contributed by atoms with Crippen LogP contribution in [0.2, 0.25) is 5.02 Å².